The smallest absolute Gasteiger partial charge is 0.229 e. The normalized spacial score (nSPS) is 17.1. The third-order valence-electron chi connectivity index (χ3n) is 3.91. The molecule has 1 fully saturated rings. The van der Waals surface area contributed by atoms with Crippen molar-refractivity contribution < 1.29 is 4.79 Å². The summed E-state index contributed by atoms with van der Waals surface area (Å²) >= 11 is 0. The van der Waals surface area contributed by atoms with Crippen LogP contribution in [0.5, 0.6) is 0 Å². The molecule has 0 unspecified atom stereocenters. The summed E-state index contributed by atoms with van der Waals surface area (Å²) in [7, 11) is 0. The fourth-order valence-corrected chi connectivity index (χ4v) is 2.50. The molecule has 0 bridgehead atoms. The lowest BCUT2D eigenvalue weighted by Gasteiger charge is -2.19. The number of aromatic nitrogens is 1. The fourth-order valence-electron chi connectivity index (χ4n) is 2.50. The van der Waals surface area contributed by atoms with Crippen LogP contribution in [0.1, 0.15) is 59.3 Å². The number of nitrogens with zero attached hydrogens (tertiary/aromatic N) is 1. The topological polar surface area (TPSA) is 54.0 Å². The van der Waals surface area contributed by atoms with Gasteiger partial charge in [0.15, 0.2) is 0 Å². The van der Waals surface area contributed by atoms with Gasteiger partial charge in [-0.1, -0.05) is 46.5 Å². The van der Waals surface area contributed by atoms with E-state index in [0.29, 0.717) is 6.04 Å². The van der Waals surface area contributed by atoms with Crippen molar-refractivity contribution in [1.82, 2.24) is 4.98 Å². The molecular formula is C17H27N3O. The van der Waals surface area contributed by atoms with E-state index in [1.54, 1.807) is 6.20 Å². The van der Waals surface area contributed by atoms with Crippen LogP contribution in [0.15, 0.2) is 18.3 Å². The lowest BCUT2D eigenvalue weighted by atomic mass is 9.96. The van der Waals surface area contributed by atoms with E-state index in [1.165, 1.54) is 38.5 Å². The number of carbonyl (C=O) groups is 1. The van der Waals surface area contributed by atoms with Crippen molar-refractivity contribution in [3.63, 3.8) is 0 Å². The molecule has 1 aromatic rings. The third kappa shape index (κ3) is 5.03. The van der Waals surface area contributed by atoms with Gasteiger partial charge in [0.05, 0.1) is 11.9 Å². The number of anilines is 2. The van der Waals surface area contributed by atoms with Gasteiger partial charge < -0.3 is 10.6 Å². The van der Waals surface area contributed by atoms with Crippen molar-refractivity contribution in [2.45, 2.75) is 65.3 Å². The molecular weight excluding hydrogens is 262 g/mol. The summed E-state index contributed by atoms with van der Waals surface area (Å²) in [6.07, 6.45) is 9.48. The molecule has 4 heteroatoms. The van der Waals surface area contributed by atoms with Gasteiger partial charge in [0.1, 0.15) is 5.82 Å². The number of hydrogen-bond acceptors (Lipinski definition) is 3. The summed E-state index contributed by atoms with van der Waals surface area (Å²) in [6.45, 7) is 5.70. The average Bonchev–Trinajstić information content (AvgIpc) is 2.68. The Hall–Kier alpha value is -1.58. The van der Waals surface area contributed by atoms with Crippen LogP contribution in [0, 0.1) is 5.41 Å². The first-order valence-corrected chi connectivity index (χ1v) is 7.99. The SMILES string of the molecule is CC(C)(C)C(=O)Nc1ccc(NC2CCCCCC2)nc1. The van der Waals surface area contributed by atoms with E-state index in [0.717, 1.165) is 11.5 Å². The van der Waals surface area contributed by atoms with Crippen LogP contribution < -0.4 is 10.6 Å². The Morgan fingerprint density at radius 2 is 1.81 bits per heavy atom. The van der Waals surface area contributed by atoms with Gasteiger partial charge in [-0.25, -0.2) is 4.98 Å². The molecule has 1 aliphatic rings. The van der Waals surface area contributed by atoms with Crippen LogP contribution >= 0.6 is 0 Å². The van der Waals surface area contributed by atoms with Crippen LogP contribution in [0.2, 0.25) is 0 Å². The molecule has 1 aliphatic carbocycles. The molecule has 0 radical (unpaired) electrons. The summed E-state index contributed by atoms with van der Waals surface area (Å²) in [5.41, 5.74) is 0.360. The maximum atomic E-state index is 11.9. The van der Waals surface area contributed by atoms with E-state index in [-0.39, 0.29) is 5.91 Å². The van der Waals surface area contributed by atoms with Crippen molar-refractivity contribution in [3.8, 4) is 0 Å². The largest absolute Gasteiger partial charge is 0.367 e. The molecule has 0 spiro atoms. The van der Waals surface area contributed by atoms with Crippen LogP contribution in [0.4, 0.5) is 11.5 Å². The number of amides is 1. The predicted molar refractivity (Wildman–Crippen MR) is 87.4 cm³/mol. The van der Waals surface area contributed by atoms with Gasteiger partial charge >= 0.3 is 0 Å². The molecule has 1 aromatic heterocycles. The minimum atomic E-state index is -0.392. The van der Waals surface area contributed by atoms with Gasteiger partial charge in [-0.2, -0.15) is 0 Å². The zero-order valence-corrected chi connectivity index (χ0v) is 13.4. The lowest BCUT2D eigenvalue weighted by molar-refractivity contribution is -0.123. The summed E-state index contributed by atoms with van der Waals surface area (Å²) in [4.78, 5) is 16.3. The minimum absolute atomic E-state index is 0.00813. The van der Waals surface area contributed by atoms with E-state index >= 15 is 0 Å². The van der Waals surface area contributed by atoms with E-state index in [2.05, 4.69) is 15.6 Å². The summed E-state index contributed by atoms with van der Waals surface area (Å²) in [5.74, 6) is 0.907. The predicted octanol–water partition coefficient (Wildman–Crippen LogP) is 4.20. The Kier molecular flexibility index (Phi) is 5.21. The Labute approximate surface area is 127 Å². The van der Waals surface area contributed by atoms with Gasteiger partial charge in [0.25, 0.3) is 0 Å². The zero-order chi connectivity index (χ0) is 15.3. The molecule has 21 heavy (non-hydrogen) atoms. The Balaban J connectivity index is 1.91. The summed E-state index contributed by atoms with van der Waals surface area (Å²) in [5, 5.41) is 6.40. The Morgan fingerprint density at radius 3 is 2.33 bits per heavy atom. The number of hydrogen-bond donors (Lipinski definition) is 2. The number of rotatable bonds is 3. The Bertz CT molecular complexity index is 454. The second-order valence-corrected chi connectivity index (χ2v) is 6.97. The Morgan fingerprint density at radius 1 is 1.14 bits per heavy atom. The second kappa shape index (κ2) is 6.92. The molecule has 4 nitrogen and oxygen atoms in total. The molecule has 2 rings (SSSR count). The molecule has 116 valence electrons. The molecule has 1 amide bonds. The highest BCUT2D eigenvalue weighted by Gasteiger charge is 2.21. The van der Waals surface area contributed by atoms with Crippen molar-refractivity contribution >= 4 is 17.4 Å². The summed E-state index contributed by atoms with van der Waals surface area (Å²) in [6, 6.07) is 4.40. The standard InChI is InChI=1S/C17H27N3O/c1-17(2,3)16(21)20-14-10-11-15(18-12-14)19-13-8-6-4-5-7-9-13/h10-13H,4-9H2,1-3H3,(H,18,19)(H,20,21). The lowest BCUT2D eigenvalue weighted by Crippen LogP contribution is -2.27. The first kappa shape index (κ1) is 15.8. The number of carbonyl (C=O) groups excluding carboxylic acids is 1. The molecule has 1 saturated carbocycles. The minimum Gasteiger partial charge on any atom is -0.367 e. The van der Waals surface area contributed by atoms with Crippen molar-refractivity contribution in [1.29, 1.82) is 0 Å². The van der Waals surface area contributed by atoms with Crippen molar-refractivity contribution in [2.24, 2.45) is 5.41 Å². The zero-order valence-electron chi connectivity index (χ0n) is 13.4. The van der Waals surface area contributed by atoms with E-state index in [9.17, 15) is 4.79 Å². The second-order valence-electron chi connectivity index (χ2n) is 6.97. The molecule has 0 aliphatic heterocycles. The number of pyridine rings is 1. The molecule has 2 N–H and O–H groups in total. The highest BCUT2D eigenvalue weighted by atomic mass is 16.2. The number of nitrogens with one attached hydrogen (secondary N) is 2. The van der Waals surface area contributed by atoms with Crippen molar-refractivity contribution in [2.75, 3.05) is 10.6 Å². The highest BCUT2D eigenvalue weighted by Crippen LogP contribution is 2.21. The van der Waals surface area contributed by atoms with E-state index < -0.39 is 5.41 Å². The van der Waals surface area contributed by atoms with Gasteiger partial charge in [0.2, 0.25) is 5.91 Å². The first-order chi connectivity index (χ1) is 9.95. The van der Waals surface area contributed by atoms with Gasteiger partial charge in [-0.05, 0) is 25.0 Å². The monoisotopic (exact) mass is 289 g/mol. The van der Waals surface area contributed by atoms with Crippen LogP contribution in [-0.2, 0) is 4.79 Å². The van der Waals surface area contributed by atoms with E-state index in [1.807, 2.05) is 32.9 Å². The molecule has 0 atom stereocenters. The van der Waals surface area contributed by atoms with E-state index in [4.69, 9.17) is 0 Å². The summed E-state index contributed by atoms with van der Waals surface area (Å²) < 4.78 is 0. The van der Waals surface area contributed by atoms with Gasteiger partial charge in [-0.3, -0.25) is 4.79 Å². The van der Waals surface area contributed by atoms with Gasteiger partial charge in [-0.15, -0.1) is 0 Å². The van der Waals surface area contributed by atoms with Crippen LogP contribution in [0.3, 0.4) is 0 Å². The maximum absolute atomic E-state index is 11.9. The maximum Gasteiger partial charge on any atom is 0.229 e. The fraction of sp³-hybridized carbons (Fsp3) is 0.647. The average molecular weight is 289 g/mol. The van der Waals surface area contributed by atoms with Crippen LogP contribution in [-0.4, -0.2) is 16.9 Å². The first-order valence-electron chi connectivity index (χ1n) is 7.99. The van der Waals surface area contributed by atoms with Gasteiger partial charge in [0, 0.05) is 11.5 Å². The van der Waals surface area contributed by atoms with Crippen molar-refractivity contribution in [3.05, 3.63) is 18.3 Å². The molecule has 1 heterocycles. The van der Waals surface area contributed by atoms with Crippen LogP contribution in [0.25, 0.3) is 0 Å². The quantitative estimate of drug-likeness (QED) is 0.820. The molecule has 0 saturated heterocycles. The third-order valence-corrected chi connectivity index (χ3v) is 3.91. The molecule has 0 aromatic carbocycles. The highest BCUT2D eigenvalue weighted by molar-refractivity contribution is 5.94.